The topological polar surface area (TPSA) is 64.2 Å². The molecule has 0 unspecified atom stereocenters. The summed E-state index contributed by atoms with van der Waals surface area (Å²) in [6, 6.07) is -0.425. The summed E-state index contributed by atoms with van der Waals surface area (Å²) >= 11 is 5.90. The summed E-state index contributed by atoms with van der Waals surface area (Å²) in [6.07, 6.45) is 4.31. The Morgan fingerprint density at radius 3 is 2.83 bits per heavy atom. The second-order valence-corrected chi connectivity index (χ2v) is 4.89. The van der Waals surface area contributed by atoms with Crippen LogP contribution >= 0.6 is 11.6 Å². The van der Waals surface area contributed by atoms with E-state index in [0.29, 0.717) is 11.7 Å². The summed E-state index contributed by atoms with van der Waals surface area (Å²) in [7, 11) is 3.55. The molecule has 0 aliphatic rings. The van der Waals surface area contributed by atoms with Gasteiger partial charge >= 0.3 is 0 Å². The van der Waals surface area contributed by atoms with Crippen LogP contribution in [0.2, 0.25) is 5.15 Å². The molecule has 0 aromatic carbocycles. The summed E-state index contributed by atoms with van der Waals surface area (Å²) in [5, 5.41) is 0.557. The molecule has 6 heteroatoms. The van der Waals surface area contributed by atoms with Crippen molar-refractivity contribution in [3.05, 3.63) is 17.2 Å². The van der Waals surface area contributed by atoms with Crippen LogP contribution in [0.3, 0.4) is 0 Å². The molecule has 0 aliphatic heterocycles. The number of hydrogen-bond acceptors (Lipinski definition) is 3. The Morgan fingerprint density at radius 2 is 2.33 bits per heavy atom. The maximum Gasteiger partial charge on any atom is 0.239 e. The van der Waals surface area contributed by atoms with Crippen LogP contribution in [0.5, 0.6) is 0 Å². The molecule has 1 heterocycles. The zero-order valence-corrected chi connectivity index (χ0v) is 11.9. The highest BCUT2D eigenvalue weighted by Crippen LogP contribution is 2.11. The Hall–Kier alpha value is -1.07. The number of likely N-dealkylation sites (N-methyl/N-ethyl adjacent to an activating group) is 1. The zero-order valence-electron chi connectivity index (χ0n) is 11.2. The van der Waals surface area contributed by atoms with Crippen LogP contribution in [0, 0.1) is 0 Å². The molecule has 2 N–H and O–H groups in total. The standard InChI is InChI=1S/C12H21ClN4O/c1-4-5-6-9(14)12(18)16(2)8-11-15-7-10(13)17(11)3/h7,9H,4-6,8,14H2,1-3H3/t9-/m0/s1. The number of amides is 1. The number of aromatic nitrogens is 2. The normalized spacial score (nSPS) is 12.5. The molecule has 0 saturated carbocycles. The van der Waals surface area contributed by atoms with E-state index >= 15 is 0 Å². The van der Waals surface area contributed by atoms with Crippen LogP contribution in [0.4, 0.5) is 0 Å². The molecule has 18 heavy (non-hydrogen) atoms. The van der Waals surface area contributed by atoms with Gasteiger partial charge in [0.05, 0.1) is 18.8 Å². The summed E-state index contributed by atoms with van der Waals surface area (Å²) in [5.41, 5.74) is 5.86. The molecule has 1 aromatic heterocycles. The highest BCUT2D eigenvalue weighted by atomic mass is 35.5. The molecule has 0 fully saturated rings. The third-order valence-electron chi connectivity index (χ3n) is 2.97. The molecule has 0 aliphatic carbocycles. The van der Waals surface area contributed by atoms with Crippen molar-refractivity contribution in [2.75, 3.05) is 7.05 Å². The van der Waals surface area contributed by atoms with Gasteiger partial charge < -0.3 is 15.2 Å². The predicted octanol–water partition coefficient (Wildman–Crippen LogP) is 1.55. The van der Waals surface area contributed by atoms with E-state index in [2.05, 4.69) is 11.9 Å². The first-order valence-corrected chi connectivity index (χ1v) is 6.51. The zero-order chi connectivity index (χ0) is 13.7. The molecule has 102 valence electrons. The van der Waals surface area contributed by atoms with Crippen LogP contribution in [0.25, 0.3) is 0 Å². The first-order chi connectivity index (χ1) is 8.47. The minimum Gasteiger partial charge on any atom is -0.337 e. The number of rotatable bonds is 6. The molecule has 5 nitrogen and oxygen atoms in total. The molecule has 0 spiro atoms. The average Bonchev–Trinajstić information content (AvgIpc) is 2.66. The van der Waals surface area contributed by atoms with E-state index in [9.17, 15) is 4.79 Å². The molecular formula is C12H21ClN4O. The van der Waals surface area contributed by atoms with Crippen molar-refractivity contribution in [1.82, 2.24) is 14.5 Å². The van der Waals surface area contributed by atoms with E-state index < -0.39 is 6.04 Å². The molecule has 1 atom stereocenters. The Morgan fingerprint density at radius 1 is 1.67 bits per heavy atom. The smallest absolute Gasteiger partial charge is 0.239 e. The van der Waals surface area contributed by atoms with Crippen molar-refractivity contribution in [3.63, 3.8) is 0 Å². The summed E-state index contributed by atoms with van der Waals surface area (Å²) in [5.74, 6) is 0.695. The number of unbranched alkanes of at least 4 members (excludes halogenated alkanes) is 1. The Labute approximate surface area is 113 Å². The third-order valence-corrected chi connectivity index (χ3v) is 3.32. The van der Waals surface area contributed by atoms with E-state index in [-0.39, 0.29) is 5.91 Å². The second-order valence-electron chi connectivity index (χ2n) is 4.50. The Bertz CT molecular complexity index is 405. The van der Waals surface area contributed by atoms with Crippen LogP contribution in [-0.2, 0) is 18.4 Å². The Balaban J connectivity index is 2.57. The number of nitrogens with zero attached hydrogens (tertiary/aromatic N) is 3. The van der Waals surface area contributed by atoms with E-state index in [1.165, 1.54) is 0 Å². The number of imidazole rings is 1. The maximum atomic E-state index is 12.0. The van der Waals surface area contributed by atoms with Crippen LogP contribution in [0.1, 0.15) is 32.0 Å². The fourth-order valence-corrected chi connectivity index (χ4v) is 1.84. The maximum absolute atomic E-state index is 12.0. The van der Waals surface area contributed by atoms with Crippen molar-refractivity contribution in [3.8, 4) is 0 Å². The van der Waals surface area contributed by atoms with Crippen molar-refractivity contribution in [2.45, 2.75) is 38.8 Å². The Kier molecular flexibility index (Phi) is 5.62. The predicted molar refractivity (Wildman–Crippen MR) is 72.2 cm³/mol. The first kappa shape index (κ1) is 15.0. The summed E-state index contributed by atoms with van der Waals surface area (Å²) in [4.78, 5) is 17.8. The quantitative estimate of drug-likeness (QED) is 0.855. The molecule has 1 amide bonds. The van der Waals surface area contributed by atoms with Crippen LogP contribution < -0.4 is 5.73 Å². The average molecular weight is 273 g/mol. The lowest BCUT2D eigenvalue weighted by Gasteiger charge is -2.21. The number of carbonyl (C=O) groups is 1. The molecular weight excluding hydrogens is 252 g/mol. The summed E-state index contributed by atoms with van der Waals surface area (Å²) in [6.45, 7) is 2.50. The monoisotopic (exact) mass is 272 g/mol. The minimum absolute atomic E-state index is 0.0532. The fourth-order valence-electron chi connectivity index (χ4n) is 1.69. The van der Waals surface area contributed by atoms with Crippen LogP contribution in [0.15, 0.2) is 6.20 Å². The number of carbonyl (C=O) groups excluding carboxylic acids is 1. The van der Waals surface area contributed by atoms with E-state index in [1.54, 1.807) is 22.7 Å². The summed E-state index contributed by atoms with van der Waals surface area (Å²) < 4.78 is 1.75. The molecule has 0 saturated heterocycles. The van der Waals surface area contributed by atoms with Crippen LogP contribution in [-0.4, -0.2) is 33.4 Å². The van der Waals surface area contributed by atoms with Gasteiger partial charge in [-0.25, -0.2) is 4.98 Å². The number of hydrogen-bond donors (Lipinski definition) is 1. The largest absolute Gasteiger partial charge is 0.337 e. The molecule has 1 aromatic rings. The van der Waals surface area contributed by atoms with Gasteiger partial charge in [-0.3, -0.25) is 4.79 Å². The van der Waals surface area contributed by atoms with Gasteiger partial charge in [-0.15, -0.1) is 0 Å². The number of nitrogens with two attached hydrogens (primary N) is 1. The van der Waals surface area contributed by atoms with Gasteiger partial charge in [0.2, 0.25) is 5.91 Å². The highest BCUT2D eigenvalue weighted by molar-refractivity contribution is 6.29. The van der Waals surface area contributed by atoms with Gasteiger partial charge in [0, 0.05) is 14.1 Å². The van der Waals surface area contributed by atoms with Gasteiger partial charge in [-0.1, -0.05) is 31.4 Å². The van der Waals surface area contributed by atoms with E-state index in [1.807, 2.05) is 7.05 Å². The van der Waals surface area contributed by atoms with Crippen molar-refractivity contribution >= 4 is 17.5 Å². The van der Waals surface area contributed by atoms with Gasteiger partial charge in [0.25, 0.3) is 0 Å². The minimum atomic E-state index is -0.425. The van der Waals surface area contributed by atoms with Crippen molar-refractivity contribution in [1.29, 1.82) is 0 Å². The van der Waals surface area contributed by atoms with Gasteiger partial charge in [-0.05, 0) is 6.42 Å². The lowest BCUT2D eigenvalue weighted by Crippen LogP contribution is -2.41. The van der Waals surface area contributed by atoms with Crippen molar-refractivity contribution < 1.29 is 4.79 Å². The van der Waals surface area contributed by atoms with E-state index in [0.717, 1.165) is 25.1 Å². The number of halogens is 1. The van der Waals surface area contributed by atoms with Crippen molar-refractivity contribution in [2.24, 2.45) is 12.8 Å². The van der Waals surface area contributed by atoms with Gasteiger partial charge in [0.1, 0.15) is 11.0 Å². The van der Waals surface area contributed by atoms with E-state index in [4.69, 9.17) is 17.3 Å². The fraction of sp³-hybridized carbons (Fsp3) is 0.667. The second kappa shape index (κ2) is 6.75. The highest BCUT2D eigenvalue weighted by Gasteiger charge is 2.19. The lowest BCUT2D eigenvalue weighted by atomic mass is 10.1. The third kappa shape index (κ3) is 3.71. The lowest BCUT2D eigenvalue weighted by molar-refractivity contribution is -0.132. The first-order valence-electron chi connectivity index (χ1n) is 6.14. The molecule has 0 radical (unpaired) electrons. The molecule has 1 rings (SSSR count). The molecule has 0 bridgehead atoms. The van der Waals surface area contributed by atoms with Gasteiger partial charge in [0.15, 0.2) is 0 Å². The van der Waals surface area contributed by atoms with Gasteiger partial charge in [-0.2, -0.15) is 0 Å². The SMILES string of the molecule is CCCC[C@H](N)C(=O)N(C)Cc1ncc(Cl)n1C.